The van der Waals surface area contributed by atoms with Gasteiger partial charge >= 0.3 is 12.2 Å². The normalized spacial score (nSPS) is 25.8. The van der Waals surface area contributed by atoms with Crippen LogP contribution in [0.1, 0.15) is 39.5 Å². The topological polar surface area (TPSA) is 87.2 Å². The summed E-state index contributed by atoms with van der Waals surface area (Å²) in [5.41, 5.74) is -1.07. The molecule has 7 heteroatoms. The number of imide groups is 1. The predicted octanol–water partition coefficient (Wildman–Crippen LogP) is 1.67. The quantitative estimate of drug-likeness (QED) is 0.851. The van der Waals surface area contributed by atoms with E-state index in [1.54, 1.807) is 0 Å². The Labute approximate surface area is 117 Å². The lowest BCUT2D eigenvalue weighted by Crippen LogP contribution is -2.52. The average Bonchev–Trinajstić information content (AvgIpc) is 2.70. The van der Waals surface area contributed by atoms with Crippen LogP contribution in [0, 0.1) is 0 Å². The molecular formula is C13H20N2O5. The molecule has 2 rings (SSSR count). The van der Waals surface area contributed by atoms with Gasteiger partial charge in [-0.05, 0) is 25.7 Å². The summed E-state index contributed by atoms with van der Waals surface area (Å²) in [6.45, 7) is 4.22. The van der Waals surface area contributed by atoms with Crippen LogP contribution in [0.4, 0.5) is 9.59 Å². The molecule has 0 bridgehead atoms. The van der Waals surface area contributed by atoms with Gasteiger partial charge in [0.15, 0.2) is 5.60 Å². The molecule has 20 heavy (non-hydrogen) atoms. The van der Waals surface area contributed by atoms with Crippen LogP contribution in [0.2, 0.25) is 0 Å². The highest BCUT2D eigenvalue weighted by atomic mass is 16.6. The van der Waals surface area contributed by atoms with Gasteiger partial charge in [-0.15, -0.1) is 0 Å². The molecule has 1 atom stereocenters. The van der Waals surface area contributed by atoms with Crippen LogP contribution in [-0.4, -0.2) is 57.7 Å². The van der Waals surface area contributed by atoms with Gasteiger partial charge in [0, 0.05) is 13.1 Å². The molecule has 2 fully saturated rings. The Bertz CT molecular complexity index is 432. The zero-order valence-electron chi connectivity index (χ0n) is 11.8. The van der Waals surface area contributed by atoms with E-state index in [9.17, 15) is 14.4 Å². The number of likely N-dealkylation sites (tertiary alicyclic amines) is 1. The minimum absolute atomic E-state index is 0.166. The molecule has 1 N–H and O–H groups in total. The summed E-state index contributed by atoms with van der Waals surface area (Å²) < 4.78 is 5.29. The summed E-state index contributed by atoms with van der Waals surface area (Å²) >= 11 is 0. The summed E-state index contributed by atoms with van der Waals surface area (Å²) in [6.07, 6.45) is 0.454. The second-order valence-electron chi connectivity index (χ2n) is 5.27. The fraction of sp³-hybridized carbons (Fsp3) is 0.769. The standard InChI is InChI=1S/C13H20N2O5/c1-3-13(4-2)10(16)15(12(19)20-13)9-6-5-7-14(8-9)11(17)18/h9H,3-8H2,1-2H3,(H,17,18). The van der Waals surface area contributed by atoms with Crippen LogP contribution >= 0.6 is 0 Å². The molecule has 2 aliphatic rings. The van der Waals surface area contributed by atoms with Crippen molar-refractivity contribution in [3.63, 3.8) is 0 Å². The van der Waals surface area contributed by atoms with Gasteiger partial charge in [-0.25, -0.2) is 14.5 Å². The van der Waals surface area contributed by atoms with Gasteiger partial charge in [0.2, 0.25) is 0 Å². The zero-order valence-corrected chi connectivity index (χ0v) is 11.8. The summed E-state index contributed by atoms with van der Waals surface area (Å²) in [7, 11) is 0. The van der Waals surface area contributed by atoms with Crippen molar-refractivity contribution in [1.82, 2.24) is 9.80 Å². The number of hydrogen-bond donors (Lipinski definition) is 1. The van der Waals surface area contributed by atoms with Crippen molar-refractivity contribution in [2.75, 3.05) is 13.1 Å². The predicted molar refractivity (Wildman–Crippen MR) is 69.3 cm³/mol. The summed E-state index contributed by atoms with van der Waals surface area (Å²) in [4.78, 5) is 37.9. The molecule has 0 aliphatic carbocycles. The molecule has 0 aromatic carbocycles. The van der Waals surface area contributed by atoms with Crippen LogP contribution in [0.15, 0.2) is 0 Å². The molecular weight excluding hydrogens is 264 g/mol. The third-order valence-electron chi connectivity index (χ3n) is 4.26. The van der Waals surface area contributed by atoms with Crippen LogP contribution in [0.3, 0.4) is 0 Å². The molecule has 112 valence electrons. The molecule has 3 amide bonds. The summed E-state index contributed by atoms with van der Waals surface area (Å²) in [5, 5.41) is 9.03. The Morgan fingerprint density at radius 3 is 2.55 bits per heavy atom. The fourth-order valence-corrected chi connectivity index (χ4v) is 2.91. The Hall–Kier alpha value is -1.79. The van der Waals surface area contributed by atoms with Crippen LogP contribution in [0.25, 0.3) is 0 Å². The van der Waals surface area contributed by atoms with Gasteiger partial charge in [0.1, 0.15) is 0 Å². The minimum Gasteiger partial charge on any atom is -0.465 e. The average molecular weight is 284 g/mol. The van der Waals surface area contributed by atoms with Gasteiger partial charge in [-0.1, -0.05) is 13.8 Å². The number of carbonyl (C=O) groups is 3. The van der Waals surface area contributed by atoms with Crippen molar-refractivity contribution in [3.05, 3.63) is 0 Å². The second kappa shape index (κ2) is 5.30. The van der Waals surface area contributed by atoms with E-state index < -0.39 is 23.8 Å². The maximum atomic E-state index is 12.5. The number of ether oxygens (including phenoxy) is 1. The minimum atomic E-state index is -1.07. The highest BCUT2D eigenvalue weighted by Crippen LogP contribution is 2.33. The SMILES string of the molecule is CCC1(CC)OC(=O)N(C2CCCN(C(=O)O)C2)C1=O. The lowest BCUT2D eigenvalue weighted by Gasteiger charge is -2.34. The van der Waals surface area contributed by atoms with Crippen molar-refractivity contribution in [2.24, 2.45) is 0 Å². The third kappa shape index (κ3) is 2.21. The number of carbonyl (C=O) groups excluding carboxylic acids is 2. The molecule has 2 aliphatic heterocycles. The van der Waals surface area contributed by atoms with Crippen LogP contribution in [0.5, 0.6) is 0 Å². The Balaban J connectivity index is 2.18. The number of piperidine rings is 1. The molecule has 0 aromatic rings. The number of nitrogens with zero attached hydrogens (tertiary/aromatic N) is 2. The maximum Gasteiger partial charge on any atom is 0.418 e. The van der Waals surface area contributed by atoms with E-state index in [4.69, 9.17) is 9.84 Å². The lowest BCUT2D eigenvalue weighted by molar-refractivity contribution is -0.139. The van der Waals surface area contributed by atoms with Gasteiger partial charge in [0.05, 0.1) is 6.04 Å². The van der Waals surface area contributed by atoms with E-state index >= 15 is 0 Å². The van der Waals surface area contributed by atoms with Crippen molar-refractivity contribution in [3.8, 4) is 0 Å². The van der Waals surface area contributed by atoms with E-state index in [1.807, 2.05) is 13.8 Å². The van der Waals surface area contributed by atoms with Crippen molar-refractivity contribution >= 4 is 18.1 Å². The first kappa shape index (κ1) is 14.6. The summed E-state index contributed by atoms with van der Waals surface area (Å²) in [5.74, 6) is -0.329. The number of cyclic esters (lactones) is 1. The first-order valence-electron chi connectivity index (χ1n) is 6.99. The van der Waals surface area contributed by atoms with E-state index in [0.717, 1.165) is 4.90 Å². The van der Waals surface area contributed by atoms with E-state index in [-0.39, 0.29) is 12.5 Å². The molecule has 0 spiro atoms. The molecule has 0 radical (unpaired) electrons. The highest BCUT2D eigenvalue weighted by Gasteiger charge is 2.54. The summed E-state index contributed by atoms with van der Waals surface area (Å²) in [6, 6.07) is -0.417. The molecule has 7 nitrogen and oxygen atoms in total. The van der Waals surface area contributed by atoms with Crippen molar-refractivity contribution < 1.29 is 24.2 Å². The van der Waals surface area contributed by atoms with Crippen molar-refractivity contribution in [2.45, 2.75) is 51.2 Å². The number of amides is 3. The van der Waals surface area contributed by atoms with Crippen molar-refractivity contribution in [1.29, 1.82) is 0 Å². The van der Waals surface area contributed by atoms with Gasteiger partial charge in [-0.2, -0.15) is 0 Å². The van der Waals surface area contributed by atoms with Crippen LogP contribution < -0.4 is 0 Å². The van der Waals surface area contributed by atoms with Gasteiger partial charge < -0.3 is 14.7 Å². The molecule has 0 aromatic heterocycles. The Morgan fingerprint density at radius 2 is 2.05 bits per heavy atom. The Morgan fingerprint density at radius 1 is 1.40 bits per heavy atom. The van der Waals surface area contributed by atoms with Gasteiger partial charge in [0.25, 0.3) is 5.91 Å². The maximum absolute atomic E-state index is 12.5. The zero-order chi connectivity index (χ0) is 14.9. The van der Waals surface area contributed by atoms with E-state index in [2.05, 4.69) is 0 Å². The van der Waals surface area contributed by atoms with E-state index in [0.29, 0.717) is 32.2 Å². The number of hydrogen-bond acceptors (Lipinski definition) is 4. The molecule has 0 saturated carbocycles. The van der Waals surface area contributed by atoms with E-state index in [1.165, 1.54) is 4.90 Å². The fourth-order valence-electron chi connectivity index (χ4n) is 2.91. The molecule has 2 heterocycles. The number of rotatable bonds is 3. The van der Waals surface area contributed by atoms with Crippen LogP contribution in [-0.2, 0) is 9.53 Å². The first-order valence-corrected chi connectivity index (χ1v) is 6.99. The lowest BCUT2D eigenvalue weighted by atomic mass is 9.95. The number of carboxylic acid groups (broad SMARTS) is 1. The first-order chi connectivity index (χ1) is 9.45. The largest absolute Gasteiger partial charge is 0.465 e. The third-order valence-corrected chi connectivity index (χ3v) is 4.26. The highest BCUT2D eigenvalue weighted by molar-refractivity contribution is 6.03. The Kier molecular flexibility index (Phi) is 3.87. The molecule has 2 saturated heterocycles. The molecule has 1 unspecified atom stereocenters. The monoisotopic (exact) mass is 284 g/mol. The smallest absolute Gasteiger partial charge is 0.418 e. The van der Waals surface area contributed by atoms with Gasteiger partial charge in [-0.3, -0.25) is 4.79 Å². The second-order valence-corrected chi connectivity index (χ2v) is 5.27.